The lowest BCUT2D eigenvalue weighted by Gasteiger charge is -2.13. The fraction of sp³-hybridized carbons (Fsp3) is 0.267. The normalized spacial score (nSPS) is 11.2. The lowest BCUT2D eigenvalue weighted by Crippen LogP contribution is -2.38. The lowest BCUT2D eigenvalue weighted by atomic mass is 10.2. The van der Waals surface area contributed by atoms with Gasteiger partial charge in [0, 0.05) is 10.1 Å². The third kappa shape index (κ3) is 5.84. The Kier molecular flexibility index (Phi) is 7.58. The number of halogens is 1. The Morgan fingerprint density at radius 2 is 2.00 bits per heavy atom. The number of hydrogen-bond donors (Lipinski definition) is 2. The number of nitrogens with one attached hydrogen (secondary N) is 2. The molecule has 1 unspecified atom stereocenters. The summed E-state index contributed by atoms with van der Waals surface area (Å²) in [4.78, 5) is 35.0. The van der Waals surface area contributed by atoms with E-state index < -0.39 is 18.0 Å². The first-order valence-electron chi connectivity index (χ1n) is 6.56. The van der Waals surface area contributed by atoms with Crippen molar-refractivity contribution in [2.45, 2.75) is 13.0 Å². The Morgan fingerprint density at radius 1 is 1.32 bits per heavy atom. The molecule has 1 rings (SSSR count). The van der Waals surface area contributed by atoms with Gasteiger partial charge < -0.3 is 15.4 Å². The van der Waals surface area contributed by atoms with E-state index in [4.69, 9.17) is 4.74 Å². The number of carbonyl (C=O) groups is 3. The van der Waals surface area contributed by atoms with E-state index in [0.29, 0.717) is 12.1 Å². The molecule has 22 heavy (non-hydrogen) atoms. The highest BCUT2D eigenvalue weighted by Crippen LogP contribution is 2.10. The van der Waals surface area contributed by atoms with E-state index in [-0.39, 0.29) is 12.5 Å². The van der Waals surface area contributed by atoms with Gasteiger partial charge in [0.15, 0.2) is 6.10 Å². The standard InChI is InChI=1S/C15H17IN2O4/c1-3-8-17-14(20)10(2)22-13(19)9-18-15(21)11-6-4-5-7-12(11)16/h3-7,10H,1,8-9H2,2H3,(H,17,20)(H,18,21). The molecule has 0 bridgehead atoms. The highest BCUT2D eigenvalue weighted by atomic mass is 127. The smallest absolute Gasteiger partial charge is 0.326 e. The largest absolute Gasteiger partial charge is 0.451 e. The molecule has 2 amide bonds. The van der Waals surface area contributed by atoms with Gasteiger partial charge in [0.05, 0.1) is 5.56 Å². The van der Waals surface area contributed by atoms with Crippen molar-refractivity contribution in [2.75, 3.05) is 13.1 Å². The van der Waals surface area contributed by atoms with Crippen molar-refractivity contribution in [3.63, 3.8) is 0 Å². The molecule has 0 aliphatic rings. The van der Waals surface area contributed by atoms with Gasteiger partial charge in [-0.2, -0.15) is 0 Å². The van der Waals surface area contributed by atoms with Gasteiger partial charge in [0.25, 0.3) is 11.8 Å². The zero-order valence-electron chi connectivity index (χ0n) is 12.1. The highest BCUT2D eigenvalue weighted by molar-refractivity contribution is 14.1. The van der Waals surface area contributed by atoms with Crippen LogP contribution in [0.15, 0.2) is 36.9 Å². The number of amides is 2. The molecule has 2 N–H and O–H groups in total. The maximum Gasteiger partial charge on any atom is 0.326 e. The fourth-order valence-corrected chi connectivity index (χ4v) is 2.13. The summed E-state index contributed by atoms with van der Waals surface area (Å²) in [5, 5.41) is 4.97. The van der Waals surface area contributed by atoms with Crippen molar-refractivity contribution in [1.29, 1.82) is 0 Å². The first kappa shape index (κ1) is 18.1. The second kappa shape index (κ2) is 9.19. The van der Waals surface area contributed by atoms with Crippen LogP contribution >= 0.6 is 22.6 Å². The molecule has 7 heteroatoms. The van der Waals surface area contributed by atoms with Crippen LogP contribution in [0.5, 0.6) is 0 Å². The van der Waals surface area contributed by atoms with Crippen LogP contribution in [0.1, 0.15) is 17.3 Å². The molecule has 1 aromatic carbocycles. The average molecular weight is 416 g/mol. The molecule has 0 saturated carbocycles. The van der Waals surface area contributed by atoms with E-state index in [1.807, 2.05) is 28.7 Å². The number of esters is 1. The second-order valence-electron chi connectivity index (χ2n) is 4.33. The van der Waals surface area contributed by atoms with Crippen LogP contribution in [0.2, 0.25) is 0 Å². The summed E-state index contributed by atoms with van der Waals surface area (Å²) >= 11 is 2.04. The third-order valence-corrected chi connectivity index (χ3v) is 3.55. The van der Waals surface area contributed by atoms with Crippen LogP contribution in [0.3, 0.4) is 0 Å². The predicted octanol–water partition coefficient (Wildman–Crippen LogP) is 1.25. The third-order valence-electron chi connectivity index (χ3n) is 2.61. The molecular weight excluding hydrogens is 399 g/mol. The molecule has 0 heterocycles. The first-order chi connectivity index (χ1) is 10.5. The number of carbonyl (C=O) groups excluding carboxylic acids is 3. The van der Waals surface area contributed by atoms with E-state index in [1.165, 1.54) is 13.0 Å². The van der Waals surface area contributed by atoms with Crippen LogP contribution < -0.4 is 10.6 Å². The molecule has 0 saturated heterocycles. The van der Waals surface area contributed by atoms with Gasteiger partial charge in [-0.25, -0.2) is 0 Å². The number of ether oxygens (including phenoxy) is 1. The Balaban J connectivity index is 2.43. The summed E-state index contributed by atoms with van der Waals surface area (Å²) in [6.07, 6.45) is 0.593. The van der Waals surface area contributed by atoms with Crippen LogP contribution in [0.25, 0.3) is 0 Å². The zero-order valence-corrected chi connectivity index (χ0v) is 14.3. The lowest BCUT2D eigenvalue weighted by molar-refractivity contribution is -0.153. The average Bonchev–Trinajstić information content (AvgIpc) is 2.50. The van der Waals surface area contributed by atoms with Crippen LogP contribution in [0, 0.1) is 3.57 Å². The molecule has 1 atom stereocenters. The van der Waals surface area contributed by atoms with Crippen LogP contribution in [-0.2, 0) is 14.3 Å². The van der Waals surface area contributed by atoms with E-state index >= 15 is 0 Å². The molecular formula is C15H17IN2O4. The van der Waals surface area contributed by atoms with Gasteiger partial charge >= 0.3 is 5.97 Å². The fourth-order valence-electron chi connectivity index (χ4n) is 1.50. The van der Waals surface area contributed by atoms with Gasteiger partial charge in [-0.1, -0.05) is 18.2 Å². The highest BCUT2D eigenvalue weighted by Gasteiger charge is 2.18. The van der Waals surface area contributed by atoms with Crippen molar-refractivity contribution < 1.29 is 19.1 Å². The van der Waals surface area contributed by atoms with Crippen LogP contribution in [0.4, 0.5) is 0 Å². The van der Waals surface area contributed by atoms with Crippen molar-refractivity contribution in [3.8, 4) is 0 Å². The monoisotopic (exact) mass is 416 g/mol. The SMILES string of the molecule is C=CCNC(=O)C(C)OC(=O)CNC(=O)c1ccccc1I. The maximum atomic E-state index is 11.9. The topological polar surface area (TPSA) is 84.5 Å². The number of hydrogen-bond acceptors (Lipinski definition) is 4. The summed E-state index contributed by atoms with van der Waals surface area (Å²) < 4.78 is 5.70. The van der Waals surface area contributed by atoms with Gasteiger partial charge in [-0.15, -0.1) is 6.58 Å². The van der Waals surface area contributed by atoms with Gasteiger partial charge in [-0.05, 0) is 41.6 Å². The molecule has 0 aromatic heterocycles. The zero-order chi connectivity index (χ0) is 16.5. The molecule has 0 spiro atoms. The molecule has 0 radical (unpaired) electrons. The van der Waals surface area contributed by atoms with Crippen molar-refractivity contribution in [2.24, 2.45) is 0 Å². The van der Waals surface area contributed by atoms with E-state index in [9.17, 15) is 14.4 Å². The summed E-state index contributed by atoms with van der Waals surface area (Å²) in [5.41, 5.74) is 0.479. The molecule has 6 nitrogen and oxygen atoms in total. The predicted molar refractivity (Wildman–Crippen MR) is 90.3 cm³/mol. The summed E-state index contributed by atoms with van der Waals surface area (Å²) in [5.74, 6) is -1.47. The van der Waals surface area contributed by atoms with E-state index in [1.54, 1.807) is 18.2 Å². The van der Waals surface area contributed by atoms with E-state index in [2.05, 4.69) is 17.2 Å². The minimum atomic E-state index is -0.929. The van der Waals surface area contributed by atoms with Crippen molar-refractivity contribution >= 4 is 40.4 Å². The summed E-state index contributed by atoms with van der Waals surface area (Å²) in [6.45, 7) is 4.92. The Hall–Kier alpha value is -1.90. The molecule has 0 fully saturated rings. The Bertz CT molecular complexity index is 574. The number of rotatable bonds is 7. The Morgan fingerprint density at radius 3 is 2.64 bits per heavy atom. The quantitative estimate of drug-likeness (QED) is 0.398. The van der Waals surface area contributed by atoms with Crippen molar-refractivity contribution in [3.05, 3.63) is 46.1 Å². The maximum absolute atomic E-state index is 11.9. The number of benzene rings is 1. The summed E-state index contributed by atoms with van der Waals surface area (Å²) in [6, 6.07) is 7.01. The molecule has 0 aliphatic carbocycles. The molecule has 0 aliphatic heterocycles. The minimum absolute atomic E-state index is 0.296. The van der Waals surface area contributed by atoms with Crippen LogP contribution in [-0.4, -0.2) is 37.0 Å². The Labute approximate surface area is 142 Å². The molecule has 118 valence electrons. The van der Waals surface area contributed by atoms with Crippen molar-refractivity contribution in [1.82, 2.24) is 10.6 Å². The molecule has 1 aromatic rings. The minimum Gasteiger partial charge on any atom is -0.451 e. The van der Waals surface area contributed by atoms with E-state index in [0.717, 1.165) is 3.57 Å². The van der Waals surface area contributed by atoms with Gasteiger partial charge in [0.2, 0.25) is 0 Å². The van der Waals surface area contributed by atoms with Gasteiger partial charge in [0.1, 0.15) is 6.54 Å². The van der Waals surface area contributed by atoms with Gasteiger partial charge in [-0.3, -0.25) is 14.4 Å². The summed E-state index contributed by atoms with van der Waals surface area (Å²) in [7, 11) is 0. The second-order valence-corrected chi connectivity index (χ2v) is 5.49. The first-order valence-corrected chi connectivity index (χ1v) is 7.64.